The average Bonchev–Trinajstić information content (AvgIpc) is 2.83. The lowest BCUT2D eigenvalue weighted by molar-refractivity contribution is 0.0692. The summed E-state index contributed by atoms with van der Waals surface area (Å²) in [7, 11) is -2.73. The molecule has 4 aromatic rings. The predicted octanol–water partition coefficient (Wildman–Crippen LogP) is 4.65. The first kappa shape index (κ1) is 23.2. The Bertz CT molecular complexity index is 1500. The first-order valence-electron chi connectivity index (χ1n) is 10.1. The molecule has 0 aliphatic carbocycles. The largest absolute Gasteiger partial charge is 0.495 e. The minimum atomic E-state index is -4.22. The Labute approximate surface area is 195 Å². The number of rotatable bonds is 7. The maximum absolute atomic E-state index is 13.8. The third-order valence-corrected chi connectivity index (χ3v) is 6.77. The van der Waals surface area contributed by atoms with Crippen LogP contribution >= 0.6 is 0 Å². The number of hydrogen-bond donors (Lipinski definition) is 3. The molecule has 0 fully saturated rings. The van der Waals surface area contributed by atoms with Gasteiger partial charge < -0.3 is 14.9 Å². The van der Waals surface area contributed by atoms with E-state index in [-0.39, 0.29) is 17.2 Å². The van der Waals surface area contributed by atoms with E-state index >= 15 is 0 Å². The van der Waals surface area contributed by atoms with E-state index in [0.717, 1.165) is 18.2 Å². The van der Waals surface area contributed by atoms with Crippen LogP contribution in [0.5, 0.6) is 5.75 Å². The van der Waals surface area contributed by atoms with Crippen molar-refractivity contribution in [3.8, 4) is 16.9 Å². The van der Waals surface area contributed by atoms with Crippen molar-refractivity contribution in [1.82, 2.24) is 0 Å². The van der Waals surface area contributed by atoms with E-state index in [0.29, 0.717) is 33.2 Å². The van der Waals surface area contributed by atoms with Crippen molar-refractivity contribution in [2.45, 2.75) is 11.5 Å². The van der Waals surface area contributed by atoms with Crippen LogP contribution in [-0.4, -0.2) is 31.7 Å². The number of halogens is 1. The zero-order chi connectivity index (χ0) is 24.5. The van der Waals surface area contributed by atoms with Crippen LogP contribution in [0.4, 0.5) is 10.1 Å². The molecule has 7 nitrogen and oxygen atoms in total. The monoisotopic (exact) mass is 481 g/mol. The summed E-state index contributed by atoms with van der Waals surface area (Å²) in [6.45, 7) is -0.130. The predicted molar refractivity (Wildman–Crippen MR) is 126 cm³/mol. The molecule has 0 radical (unpaired) electrons. The van der Waals surface area contributed by atoms with E-state index < -0.39 is 27.4 Å². The molecule has 0 aliphatic heterocycles. The van der Waals surface area contributed by atoms with E-state index in [1.807, 2.05) is 0 Å². The van der Waals surface area contributed by atoms with Crippen molar-refractivity contribution in [3.63, 3.8) is 0 Å². The molecule has 0 amide bonds. The third-order valence-electron chi connectivity index (χ3n) is 5.35. The van der Waals surface area contributed by atoms with Gasteiger partial charge in [0.2, 0.25) is 0 Å². The Hall–Kier alpha value is -3.95. The number of aliphatic hydroxyl groups excluding tert-OH is 1. The molecule has 0 bridgehead atoms. The molecule has 4 rings (SSSR count). The average molecular weight is 482 g/mol. The van der Waals surface area contributed by atoms with Crippen LogP contribution in [-0.2, 0) is 16.6 Å². The summed E-state index contributed by atoms with van der Waals surface area (Å²) in [5, 5.41) is 19.4. The van der Waals surface area contributed by atoms with Crippen LogP contribution in [0.15, 0.2) is 77.7 Å². The summed E-state index contributed by atoms with van der Waals surface area (Å²) in [5.74, 6) is -2.01. The Balaban J connectivity index is 1.91. The van der Waals surface area contributed by atoms with Gasteiger partial charge in [0.25, 0.3) is 10.0 Å². The maximum atomic E-state index is 13.8. The molecule has 3 N–H and O–H groups in total. The van der Waals surface area contributed by atoms with Gasteiger partial charge >= 0.3 is 5.97 Å². The van der Waals surface area contributed by atoms with Crippen LogP contribution in [0.1, 0.15) is 15.9 Å². The van der Waals surface area contributed by atoms with E-state index in [9.17, 15) is 22.7 Å². The van der Waals surface area contributed by atoms with Gasteiger partial charge in [0, 0.05) is 22.0 Å². The summed E-state index contributed by atoms with van der Waals surface area (Å²) in [5.41, 5.74) is 1.14. The number of benzene rings is 4. The van der Waals surface area contributed by atoms with Crippen molar-refractivity contribution in [1.29, 1.82) is 0 Å². The summed E-state index contributed by atoms with van der Waals surface area (Å²) >= 11 is 0. The molecule has 0 spiro atoms. The number of anilines is 1. The minimum absolute atomic E-state index is 0.0636. The smallest absolute Gasteiger partial charge is 0.338 e. The molecular weight excluding hydrogens is 461 g/mol. The second kappa shape index (κ2) is 9.12. The lowest BCUT2D eigenvalue weighted by Crippen LogP contribution is -2.15. The highest BCUT2D eigenvalue weighted by molar-refractivity contribution is 7.93. The Morgan fingerprint density at radius 3 is 2.29 bits per heavy atom. The molecular formula is C25H20FNO6S. The molecule has 4 aromatic carbocycles. The summed E-state index contributed by atoms with van der Waals surface area (Å²) in [6.07, 6.45) is 0. The topological polar surface area (TPSA) is 113 Å². The number of ether oxygens (including phenoxy) is 1. The summed E-state index contributed by atoms with van der Waals surface area (Å²) < 4.78 is 48.6. The Kier molecular flexibility index (Phi) is 6.23. The Morgan fingerprint density at radius 2 is 1.68 bits per heavy atom. The lowest BCUT2D eigenvalue weighted by Gasteiger charge is -2.17. The fraction of sp³-hybridized carbons (Fsp3) is 0.0800. The highest BCUT2D eigenvalue weighted by atomic mass is 32.2. The number of fused-ring (bicyclic) bond motifs is 1. The van der Waals surface area contributed by atoms with Gasteiger partial charge in [0.1, 0.15) is 11.6 Å². The number of nitrogens with one attached hydrogen (secondary N) is 1. The molecule has 0 saturated heterocycles. The zero-order valence-electron chi connectivity index (χ0n) is 17.9. The van der Waals surface area contributed by atoms with Crippen LogP contribution in [0.3, 0.4) is 0 Å². The van der Waals surface area contributed by atoms with Gasteiger partial charge in [-0.25, -0.2) is 17.6 Å². The number of sulfonamides is 1. The molecule has 9 heteroatoms. The third kappa shape index (κ3) is 4.30. The van der Waals surface area contributed by atoms with Crippen molar-refractivity contribution in [3.05, 3.63) is 89.7 Å². The van der Waals surface area contributed by atoms with Crippen LogP contribution in [0.25, 0.3) is 21.9 Å². The number of carboxylic acids is 1. The number of methoxy groups -OCH3 is 1. The van der Waals surface area contributed by atoms with Gasteiger partial charge in [-0.2, -0.15) is 0 Å². The second-order valence-electron chi connectivity index (χ2n) is 7.46. The number of aliphatic hydroxyl groups is 1. The van der Waals surface area contributed by atoms with Crippen molar-refractivity contribution < 1.29 is 32.6 Å². The summed E-state index contributed by atoms with van der Waals surface area (Å²) in [4.78, 5) is 11.2. The van der Waals surface area contributed by atoms with Gasteiger partial charge in [0.05, 0.1) is 24.2 Å². The zero-order valence-corrected chi connectivity index (χ0v) is 18.8. The van der Waals surface area contributed by atoms with Gasteiger partial charge in [-0.05, 0) is 35.4 Å². The molecule has 0 aromatic heterocycles. The highest BCUT2D eigenvalue weighted by Gasteiger charge is 2.23. The molecule has 0 saturated carbocycles. The molecule has 174 valence electrons. The normalized spacial score (nSPS) is 11.4. The van der Waals surface area contributed by atoms with Crippen molar-refractivity contribution in [2.24, 2.45) is 0 Å². The summed E-state index contributed by atoms with van der Waals surface area (Å²) in [6, 6.07) is 18.2. The van der Waals surface area contributed by atoms with E-state index in [1.54, 1.807) is 48.5 Å². The second-order valence-corrected chi connectivity index (χ2v) is 9.11. The van der Waals surface area contributed by atoms with E-state index in [2.05, 4.69) is 4.72 Å². The van der Waals surface area contributed by atoms with Crippen molar-refractivity contribution >= 4 is 32.5 Å². The Morgan fingerprint density at radius 1 is 1.00 bits per heavy atom. The molecule has 0 heterocycles. The van der Waals surface area contributed by atoms with E-state index in [4.69, 9.17) is 9.84 Å². The highest BCUT2D eigenvalue weighted by Crippen LogP contribution is 2.41. The fourth-order valence-electron chi connectivity index (χ4n) is 3.72. The van der Waals surface area contributed by atoms with E-state index in [1.165, 1.54) is 13.2 Å². The van der Waals surface area contributed by atoms with Gasteiger partial charge in [-0.1, -0.05) is 48.5 Å². The molecule has 0 unspecified atom stereocenters. The molecule has 34 heavy (non-hydrogen) atoms. The molecule has 0 aliphatic rings. The lowest BCUT2D eigenvalue weighted by atomic mass is 9.98. The number of hydrogen-bond acceptors (Lipinski definition) is 5. The standard InChI is InChI=1S/C25H20FNO6S/c1-33-24-19-5-3-2-4-18(19)23(13-20(24)16-8-6-15(14-28)7-9-16)34(31,32)27-17-10-11-22(26)21(12-17)25(29)30/h2-13,27-28H,14H2,1H3,(H,29,30). The number of carbonyl (C=O) groups is 1. The quantitative estimate of drug-likeness (QED) is 0.354. The van der Waals surface area contributed by atoms with Crippen molar-refractivity contribution in [2.75, 3.05) is 11.8 Å². The van der Waals surface area contributed by atoms with Crippen LogP contribution in [0, 0.1) is 5.82 Å². The number of aromatic carboxylic acids is 1. The van der Waals surface area contributed by atoms with Crippen LogP contribution < -0.4 is 9.46 Å². The number of carboxylic acid groups (broad SMARTS) is 1. The van der Waals surface area contributed by atoms with Gasteiger partial charge in [-0.3, -0.25) is 4.72 Å². The molecule has 0 atom stereocenters. The SMILES string of the molecule is COc1c(-c2ccc(CO)cc2)cc(S(=O)(=O)Nc2ccc(F)c(C(=O)O)c2)c2ccccc12. The van der Waals surface area contributed by atoms with Gasteiger partial charge in [0.15, 0.2) is 0 Å². The minimum Gasteiger partial charge on any atom is -0.495 e. The first-order chi connectivity index (χ1) is 16.2. The van der Waals surface area contributed by atoms with Gasteiger partial charge in [-0.15, -0.1) is 0 Å². The maximum Gasteiger partial charge on any atom is 0.338 e. The fourth-order valence-corrected chi connectivity index (χ4v) is 5.01. The van der Waals surface area contributed by atoms with Crippen LogP contribution in [0.2, 0.25) is 0 Å². The first-order valence-corrected chi connectivity index (χ1v) is 11.6.